The number of carbonyl (C=O) groups excluding carboxylic acids is 2. The molecule has 0 saturated carbocycles. The van der Waals surface area contributed by atoms with Crippen molar-refractivity contribution < 1.29 is 19.1 Å². The molecule has 2 aliphatic heterocycles. The predicted octanol–water partition coefficient (Wildman–Crippen LogP) is 2.62. The van der Waals surface area contributed by atoms with Gasteiger partial charge in [-0.3, -0.25) is 14.3 Å². The highest BCUT2D eigenvalue weighted by Crippen LogP contribution is 2.27. The van der Waals surface area contributed by atoms with Crippen LogP contribution in [0.15, 0.2) is 42.6 Å². The van der Waals surface area contributed by atoms with Crippen LogP contribution in [0.5, 0.6) is 5.75 Å². The number of nitrogens with zero attached hydrogens (tertiary/aromatic N) is 4. The molecule has 2 atom stereocenters. The third-order valence-electron chi connectivity index (χ3n) is 6.16. The van der Waals surface area contributed by atoms with Crippen LogP contribution in [0.25, 0.3) is 0 Å². The molecule has 0 unspecified atom stereocenters. The maximum absolute atomic E-state index is 13.3. The van der Waals surface area contributed by atoms with E-state index in [4.69, 9.17) is 9.47 Å². The second kappa shape index (κ2) is 10.2. The molecule has 1 aromatic carbocycles. The summed E-state index contributed by atoms with van der Waals surface area (Å²) in [6.07, 6.45) is 2.57. The zero-order valence-electron chi connectivity index (χ0n) is 18.9. The number of rotatable bonds is 6. The molecular formula is C24H32N4O4. The van der Waals surface area contributed by atoms with Crippen LogP contribution in [0, 0.1) is 5.92 Å². The topological polar surface area (TPSA) is 76.9 Å². The Balaban J connectivity index is 1.49. The van der Waals surface area contributed by atoms with E-state index >= 15 is 0 Å². The first kappa shape index (κ1) is 22.3. The Morgan fingerprint density at radius 2 is 1.84 bits per heavy atom. The van der Waals surface area contributed by atoms with Gasteiger partial charge >= 0.3 is 0 Å². The molecule has 0 bridgehead atoms. The predicted molar refractivity (Wildman–Crippen MR) is 119 cm³/mol. The molecule has 2 saturated heterocycles. The SMILES string of the molecule is CC(C)n1nccc1C(=O)N1CC[C@H](Oc2ccccc2)[C@@H](CC(=O)N2CCOCC2)C1. The van der Waals surface area contributed by atoms with E-state index in [9.17, 15) is 9.59 Å². The first-order chi connectivity index (χ1) is 15.5. The third-order valence-corrected chi connectivity index (χ3v) is 6.16. The largest absolute Gasteiger partial charge is 0.490 e. The van der Waals surface area contributed by atoms with E-state index in [1.807, 2.05) is 54.0 Å². The Labute approximate surface area is 189 Å². The number of amides is 2. The summed E-state index contributed by atoms with van der Waals surface area (Å²) in [5, 5.41) is 4.30. The Morgan fingerprint density at radius 3 is 2.56 bits per heavy atom. The standard InChI is InChI=1S/C24H32N4O4/c1-18(2)28-21(8-10-25-28)24(30)27-11-9-22(32-20-6-4-3-5-7-20)19(17-27)16-23(29)26-12-14-31-15-13-26/h3-8,10,18-19,22H,9,11-17H2,1-2H3/t19-,22-/m0/s1. The first-order valence-electron chi connectivity index (χ1n) is 11.4. The van der Waals surface area contributed by atoms with Crippen molar-refractivity contribution in [3.05, 3.63) is 48.3 Å². The molecule has 0 aliphatic carbocycles. The van der Waals surface area contributed by atoms with Gasteiger partial charge in [0.25, 0.3) is 5.91 Å². The zero-order valence-corrected chi connectivity index (χ0v) is 18.9. The van der Waals surface area contributed by atoms with Crippen LogP contribution >= 0.6 is 0 Å². The molecule has 2 aromatic rings. The lowest BCUT2D eigenvalue weighted by atomic mass is 9.90. The first-order valence-corrected chi connectivity index (χ1v) is 11.4. The van der Waals surface area contributed by atoms with Crippen LogP contribution in [0.2, 0.25) is 0 Å². The minimum atomic E-state index is -0.124. The number of piperidine rings is 1. The van der Waals surface area contributed by atoms with E-state index in [1.165, 1.54) is 0 Å². The lowest BCUT2D eigenvalue weighted by molar-refractivity contribution is -0.137. The number of para-hydroxylation sites is 1. The molecule has 2 aliphatic rings. The third kappa shape index (κ3) is 5.12. The van der Waals surface area contributed by atoms with Crippen molar-refractivity contribution in [1.29, 1.82) is 0 Å². The van der Waals surface area contributed by atoms with E-state index < -0.39 is 0 Å². The molecule has 4 rings (SSSR count). The average molecular weight is 441 g/mol. The van der Waals surface area contributed by atoms with Gasteiger partial charge in [-0.15, -0.1) is 0 Å². The molecule has 2 fully saturated rings. The van der Waals surface area contributed by atoms with Crippen molar-refractivity contribution in [1.82, 2.24) is 19.6 Å². The maximum atomic E-state index is 13.3. The van der Waals surface area contributed by atoms with Crippen LogP contribution in [0.3, 0.4) is 0 Å². The summed E-state index contributed by atoms with van der Waals surface area (Å²) < 4.78 is 13.4. The summed E-state index contributed by atoms with van der Waals surface area (Å²) in [6, 6.07) is 11.6. The number of ether oxygens (including phenoxy) is 2. The highest BCUT2D eigenvalue weighted by Gasteiger charge is 2.36. The number of aromatic nitrogens is 2. The quantitative estimate of drug-likeness (QED) is 0.690. The fraction of sp³-hybridized carbons (Fsp3) is 0.542. The van der Waals surface area contributed by atoms with Gasteiger partial charge in [-0.05, 0) is 32.0 Å². The molecule has 0 N–H and O–H groups in total. The maximum Gasteiger partial charge on any atom is 0.272 e. The minimum Gasteiger partial charge on any atom is -0.490 e. The van der Waals surface area contributed by atoms with Gasteiger partial charge in [0, 0.05) is 57.2 Å². The molecule has 0 radical (unpaired) electrons. The second-order valence-corrected chi connectivity index (χ2v) is 8.72. The molecular weight excluding hydrogens is 408 g/mol. The molecule has 2 amide bonds. The van der Waals surface area contributed by atoms with Gasteiger partial charge in [0.1, 0.15) is 17.5 Å². The van der Waals surface area contributed by atoms with Gasteiger partial charge in [0.05, 0.1) is 13.2 Å². The molecule has 8 heteroatoms. The van der Waals surface area contributed by atoms with Gasteiger partial charge in [-0.1, -0.05) is 18.2 Å². The monoisotopic (exact) mass is 440 g/mol. The van der Waals surface area contributed by atoms with E-state index in [0.717, 1.165) is 5.75 Å². The smallest absolute Gasteiger partial charge is 0.272 e. The summed E-state index contributed by atoms with van der Waals surface area (Å²) in [6.45, 7) is 7.46. The van der Waals surface area contributed by atoms with Crippen LogP contribution in [-0.2, 0) is 9.53 Å². The fourth-order valence-corrected chi connectivity index (χ4v) is 4.44. The summed E-state index contributed by atoms with van der Waals surface area (Å²) in [7, 11) is 0. The number of morpholine rings is 1. The minimum absolute atomic E-state index is 0.0433. The van der Waals surface area contributed by atoms with Gasteiger partial charge in [-0.25, -0.2) is 0 Å². The average Bonchev–Trinajstić information content (AvgIpc) is 3.31. The number of carbonyl (C=O) groups is 2. The summed E-state index contributed by atoms with van der Waals surface area (Å²) in [5.74, 6) is 0.761. The van der Waals surface area contributed by atoms with Crippen molar-refractivity contribution >= 4 is 11.8 Å². The van der Waals surface area contributed by atoms with Crippen molar-refractivity contribution in [2.75, 3.05) is 39.4 Å². The number of hydrogen-bond donors (Lipinski definition) is 0. The fourth-order valence-electron chi connectivity index (χ4n) is 4.44. The van der Waals surface area contributed by atoms with Gasteiger partial charge < -0.3 is 19.3 Å². The Hall–Kier alpha value is -2.87. The number of hydrogen-bond acceptors (Lipinski definition) is 5. The van der Waals surface area contributed by atoms with E-state index in [-0.39, 0.29) is 29.9 Å². The van der Waals surface area contributed by atoms with Crippen molar-refractivity contribution in [3.63, 3.8) is 0 Å². The molecule has 172 valence electrons. The zero-order chi connectivity index (χ0) is 22.5. The van der Waals surface area contributed by atoms with Gasteiger partial charge in [0.2, 0.25) is 5.91 Å². The van der Waals surface area contributed by atoms with Gasteiger partial charge in [0.15, 0.2) is 0 Å². The lowest BCUT2D eigenvalue weighted by Gasteiger charge is -2.39. The molecule has 0 spiro atoms. The Kier molecular flexibility index (Phi) is 7.09. The van der Waals surface area contributed by atoms with E-state index in [2.05, 4.69) is 5.10 Å². The van der Waals surface area contributed by atoms with E-state index in [0.29, 0.717) is 57.9 Å². The summed E-state index contributed by atoms with van der Waals surface area (Å²) >= 11 is 0. The molecule has 3 heterocycles. The normalized spacial score (nSPS) is 21.6. The summed E-state index contributed by atoms with van der Waals surface area (Å²) in [4.78, 5) is 30.0. The van der Waals surface area contributed by atoms with Crippen LogP contribution in [0.4, 0.5) is 0 Å². The molecule has 1 aromatic heterocycles. The van der Waals surface area contributed by atoms with Crippen molar-refractivity contribution in [3.8, 4) is 5.75 Å². The van der Waals surface area contributed by atoms with E-state index in [1.54, 1.807) is 16.9 Å². The highest BCUT2D eigenvalue weighted by atomic mass is 16.5. The molecule has 32 heavy (non-hydrogen) atoms. The number of likely N-dealkylation sites (tertiary alicyclic amines) is 1. The molecule has 8 nitrogen and oxygen atoms in total. The van der Waals surface area contributed by atoms with Crippen molar-refractivity contribution in [2.45, 2.75) is 38.8 Å². The number of benzene rings is 1. The Morgan fingerprint density at radius 1 is 1.09 bits per heavy atom. The second-order valence-electron chi connectivity index (χ2n) is 8.72. The van der Waals surface area contributed by atoms with Crippen LogP contribution < -0.4 is 4.74 Å². The van der Waals surface area contributed by atoms with Crippen molar-refractivity contribution in [2.24, 2.45) is 5.92 Å². The van der Waals surface area contributed by atoms with Crippen LogP contribution in [0.1, 0.15) is 43.2 Å². The van der Waals surface area contributed by atoms with Gasteiger partial charge in [-0.2, -0.15) is 5.10 Å². The lowest BCUT2D eigenvalue weighted by Crippen LogP contribution is -2.50. The highest BCUT2D eigenvalue weighted by molar-refractivity contribution is 5.92. The Bertz CT molecular complexity index is 908. The van der Waals surface area contributed by atoms with Crippen LogP contribution in [-0.4, -0.2) is 76.9 Å². The summed E-state index contributed by atoms with van der Waals surface area (Å²) in [5.41, 5.74) is 0.584.